The molecule has 0 aliphatic rings. The zero-order chi connectivity index (χ0) is 19.6. The number of furan rings is 1. The first kappa shape index (κ1) is 18.1. The average Bonchev–Trinajstić information content (AvgIpc) is 3.07. The highest BCUT2D eigenvalue weighted by atomic mass is 19.4. The van der Waals surface area contributed by atoms with Gasteiger partial charge in [0.1, 0.15) is 11.5 Å². The number of rotatable bonds is 4. The molecule has 0 aliphatic carbocycles. The van der Waals surface area contributed by atoms with Crippen LogP contribution in [0.4, 0.5) is 18.9 Å². The predicted molar refractivity (Wildman–Crippen MR) is 89.6 cm³/mol. The number of benzene rings is 1. The first-order chi connectivity index (χ1) is 12.7. The second-order valence-corrected chi connectivity index (χ2v) is 5.33. The van der Waals surface area contributed by atoms with E-state index in [2.05, 4.69) is 9.97 Å². The third-order valence-corrected chi connectivity index (χ3v) is 3.48. The molecule has 2 aromatic heterocycles. The number of aromatic nitrogens is 2. The molecule has 0 unspecified atom stereocenters. The topological polar surface area (TPSA) is 102 Å². The van der Waals surface area contributed by atoms with Crippen LogP contribution in [0.15, 0.2) is 51.7 Å². The summed E-state index contributed by atoms with van der Waals surface area (Å²) >= 11 is 0. The van der Waals surface area contributed by atoms with Crippen molar-refractivity contribution >= 4 is 17.8 Å². The second kappa shape index (κ2) is 6.90. The summed E-state index contributed by atoms with van der Waals surface area (Å²) < 4.78 is 43.6. The number of nitro groups is 1. The number of para-hydroxylation sites is 1. The van der Waals surface area contributed by atoms with Gasteiger partial charge in [-0.2, -0.15) is 18.2 Å². The van der Waals surface area contributed by atoms with Gasteiger partial charge in [0.2, 0.25) is 0 Å². The van der Waals surface area contributed by atoms with Gasteiger partial charge in [0.25, 0.3) is 5.69 Å². The summed E-state index contributed by atoms with van der Waals surface area (Å²) in [6, 6.07) is 9.65. The Labute approximate surface area is 148 Å². The Kier molecular flexibility index (Phi) is 4.63. The molecule has 27 heavy (non-hydrogen) atoms. The maximum Gasteiger partial charge on any atom is 0.433 e. The van der Waals surface area contributed by atoms with Gasteiger partial charge in [-0.05, 0) is 36.4 Å². The summed E-state index contributed by atoms with van der Waals surface area (Å²) in [5.74, 6) is 0.454. The van der Waals surface area contributed by atoms with Crippen LogP contribution < -0.4 is 5.69 Å². The van der Waals surface area contributed by atoms with Crippen LogP contribution in [0.5, 0.6) is 0 Å². The van der Waals surface area contributed by atoms with Gasteiger partial charge < -0.3 is 9.40 Å². The van der Waals surface area contributed by atoms with Crippen LogP contribution >= 0.6 is 0 Å². The Morgan fingerprint density at radius 3 is 2.59 bits per heavy atom. The van der Waals surface area contributed by atoms with Gasteiger partial charge in [0.05, 0.1) is 10.5 Å². The highest BCUT2D eigenvalue weighted by Gasteiger charge is 2.33. The van der Waals surface area contributed by atoms with E-state index in [4.69, 9.17) is 4.42 Å². The molecular formula is C17H10F3N3O4. The smallest absolute Gasteiger partial charge is 0.433 e. The summed E-state index contributed by atoms with van der Waals surface area (Å²) in [5, 5.41) is 11.1. The lowest BCUT2D eigenvalue weighted by atomic mass is 10.1. The molecule has 138 valence electrons. The van der Waals surface area contributed by atoms with E-state index in [1.165, 1.54) is 42.5 Å². The normalized spacial score (nSPS) is 11.8. The van der Waals surface area contributed by atoms with Gasteiger partial charge in [0.15, 0.2) is 5.69 Å². The number of halogens is 3. The second-order valence-electron chi connectivity index (χ2n) is 5.33. The summed E-state index contributed by atoms with van der Waals surface area (Å²) in [5.41, 5.74) is -2.45. The van der Waals surface area contributed by atoms with Crippen LogP contribution in [0.25, 0.3) is 23.5 Å². The van der Waals surface area contributed by atoms with Gasteiger partial charge in [-0.3, -0.25) is 10.1 Å². The van der Waals surface area contributed by atoms with E-state index in [0.717, 1.165) is 0 Å². The van der Waals surface area contributed by atoms with Gasteiger partial charge in [-0.1, -0.05) is 12.1 Å². The molecule has 0 spiro atoms. The quantitative estimate of drug-likeness (QED) is 0.544. The van der Waals surface area contributed by atoms with Crippen molar-refractivity contribution in [3.63, 3.8) is 0 Å². The van der Waals surface area contributed by atoms with Crippen molar-refractivity contribution in [3.8, 4) is 11.3 Å². The fraction of sp³-hybridized carbons (Fsp3) is 0.0588. The van der Waals surface area contributed by atoms with Crippen LogP contribution in [0, 0.1) is 10.1 Å². The first-order valence-electron chi connectivity index (χ1n) is 7.44. The third kappa shape index (κ3) is 4.11. The van der Waals surface area contributed by atoms with Crippen molar-refractivity contribution in [1.29, 1.82) is 0 Å². The van der Waals surface area contributed by atoms with E-state index >= 15 is 0 Å². The predicted octanol–water partition coefficient (Wildman–Crippen LogP) is 4.13. The van der Waals surface area contributed by atoms with Gasteiger partial charge >= 0.3 is 11.9 Å². The van der Waals surface area contributed by atoms with Crippen molar-refractivity contribution in [2.24, 2.45) is 0 Å². The molecule has 0 saturated carbocycles. The molecule has 1 N–H and O–H groups in total. The Morgan fingerprint density at radius 1 is 1.15 bits per heavy atom. The molecule has 1 aromatic carbocycles. The molecule has 3 aromatic rings. The van der Waals surface area contributed by atoms with Gasteiger partial charge in [0, 0.05) is 11.8 Å². The Balaban J connectivity index is 1.90. The number of aromatic amines is 1. The van der Waals surface area contributed by atoms with E-state index in [1.807, 2.05) is 0 Å². The maximum absolute atomic E-state index is 12.7. The Hall–Kier alpha value is -3.69. The molecule has 10 heteroatoms. The lowest BCUT2D eigenvalue weighted by molar-refractivity contribution is -0.384. The zero-order valence-corrected chi connectivity index (χ0v) is 13.4. The minimum absolute atomic E-state index is 0.119. The van der Waals surface area contributed by atoms with Crippen LogP contribution in [-0.2, 0) is 6.18 Å². The number of nitrogens with zero attached hydrogens (tertiary/aromatic N) is 2. The van der Waals surface area contributed by atoms with Crippen LogP contribution in [0.3, 0.4) is 0 Å². The van der Waals surface area contributed by atoms with E-state index in [-0.39, 0.29) is 28.5 Å². The maximum atomic E-state index is 12.7. The molecule has 2 heterocycles. The van der Waals surface area contributed by atoms with E-state index in [9.17, 15) is 28.1 Å². The SMILES string of the molecule is O=c1nc(C(F)(F)F)cc(C=Cc2ccc(-c3ccccc3[N+](=O)[O-])o2)[nH]1. The Bertz CT molecular complexity index is 1080. The highest BCUT2D eigenvalue weighted by molar-refractivity contribution is 5.72. The van der Waals surface area contributed by atoms with Crippen molar-refractivity contribution in [2.45, 2.75) is 6.18 Å². The molecule has 0 bridgehead atoms. The average molecular weight is 377 g/mol. The molecule has 0 amide bonds. The number of H-pyrrole nitrogens is 1. The largest absolute Gasteiger partial charge is 0.456 e. The summed E-state index contributed by atoms with van der Waals surface area (Å²) in [7, 11) is 0. The van der Waals surface area contributed by atoms with Crippen LogP contribution in [-0.4, -0.2) is 14.9 Å². The number of hydrogen-bond donors (Lipinski definition) is 1. The minimum atomic E-state index is -4.75. The number of hydrogen-bond acceptors (Lipinski definition) is 5. The fourth-order valence-corrected chi connectivity index (χ4v) is 2.31. The van der Waals surface area contributed by atoms with Gasteiger partial charge in [-0.25, -0.2) is 4.79 Å². The number of nitro benzene ring substituents is 1. The minimum Gasteiger partial charge on any atom is -0.456 e. The molecular weight excluding hydrogens is 367 g/mol. The van der Waals surface area contributed by atoms with Crippen LogP contribution in [0.2, 0.25) is 0 Å². The molecule has 0 saturated heterocycles. The molecule has 0 fully saturated rings. The third-order valence-electron chi connectivity index (χ3n) is 3.48. The van der Waals surface area contributed by atoms with Crippen molar-refractivity contribution in [1.82, 2.24) is 9.97 Å². The summed E-state index contributed by atoms with van der Waals surface area (Å²) in [4.78, 5) is 26.8. The lowest BCUT2D eigenvalue weighted by Crippen LogP contribution is -2.19. The first-order valence-corrected chi connectivity index (χ1v) is 7.44. The molecule has 0 aliphatic heterocycles. The monoisotopic (exact) mass is 377 g/mol. The lowest BCUT2D eigenvalue weighted by Gasteiger charge is -2.04. The van der Waals surface area contributed by atoms with Crippen molar-refractivity contribution < 1.29 is 22.5 Å². The summed E-state index contributed by atoms with van der Waals surface area (Å²) in [6.45, 7) is 0. The van der Waals surface area contributed by atoms with Crippen molar-refractivity contribution in [3.05, 3.63) is 80.2 Å². The van der Waals surface area contributed by atoms with E-state index < -0.39 is 22.5 Å². The summed E-state index contributed by atoms with van der Waals surface area (Å²) in [6.07, 6.45) is -2.22. The van der Waals surface area contributed by atoms with Crippen molar-refractivity contribution in [2.75, 3.05) is 0 Å². The van der Waals surface area contributed by atoms with E-state index in [1.54, 1.807) is 6.07 Å². The number of alkyl halides is 3. The molecule has 7 nitrogen and oxygen atoms in total. The van der Waals surface area contributed by atoms with Crippen LogP contribution in [0.1, 0.15) is 17.1 Å². The molecule has 0 radical (unpaired) electrons. The fourth-order valence-electron chi connectivity index (χ4n) is 2.31. The Morgan fingerprint density at radius 2 is 1.89 bits per heavy atom. The standard InChI is InChI=1S/C17H10F3N3O4/c18-17(19,20)15-9-10(21-16(24)22-15)5-6-11-7-8-14(27-11)12-3-1-2-4-13(12)23(25)26/h1-9H,(H,21,22,24). The van der Waals surface area contributed by atoms with Gasteiger partial charge in [-0.15, -0.1) is 0 Å². The number of nitrogens with one attached hydrogen (secondary N) is 1. The van der Waals surface area contributed by atoms with E-state index in [0.29, 0.717) is 6.07 Å². The molecule has 3 rings (SSSR count). The highest BCUT2D eigenvalue weighted by Crippen LogP contribution is 2.31. The molecule has 0 atom stereocenters. The zero-order valence-electron chi connectivity index (χ0n) is 13.4.